The molecule has 0 aliphatic carbocycles. The molecule has 4 rings (SSSR count). The molecule has 1 aromatic heterocycles. The van der Waals surface area contributed by atoms with E-state index in [0.717, 1.165) is 29.6 Å². The molecule has 0 N–H and O–H groups in total. The van der Waals surface area contributed by atoms with Gasteiger partial charge in [0, 0.05) is 25.2 Å². The lowest BCUT2D eigenvalue weighted by atomic mass is 10.2. The number of halogens is 1. The standard InChI is InChI=1S/C27H36N4O4S2.ClH/c1-6-21-8-13-24-25(16-21)36-27(28-24)31(15-7-14-29(4)5)26(32)22-9-11-23(12-10-22)37(33,34)30-17-19(2)35-20(3)18-30;/h8-13,16,19-20H,6-7,14-15,17-18H2,1-5H3;1H. The fourth-order valence-corrected chi connectivity index (χ4v) is 7.17. The highest BCUT2D eigenvalue weighted by atomic mass is 35.5. The summed E-state index contributed by atoms with van der Waals surface area (Å²) in [6, 6.07) is 12.5. The number of benzene rings is 2. The zero-order chi connectivity index (χ0) is 26.7. The molecule has 8 nitrogen and oxygen atoms in total. The summed E-state index contributed by atoms with van der Waals surface area (Å²) < 4.78 is 34.7. The van der Waals surface area contributed by atoms with Crippen LogP contribution in [0.15, 0.2) is 47.4 Å². The average Bonchev–Trinajstić information content (AvgIpc) is 3.28. The van der Waals surface area contributed by atoms with Crippen LogP contribution in [0.5, 0.6) is 0 Å². The molecule has 1 aliphatic heterocycles. The molecule has 2 aromatic carbocycles. The Morgan fingerprint density at radius 3 is 2.34 bits per heavy atom. The van der Waals surface area contributed by atoms with Gasteiger partial charge in [-0.05, 0) is 89.3 Å². The van der Waals surface area contributed by atoms with Crippen molar-refractivity contribution in [2.24, 2.45) is 0 Å². The monoisotopic (exact) mass is 580 g/mol. The SMILES string of the molecule is CCc1ccc2nc(N(CCCN(C)C)C(=O)c3ccc(S(=O)(=O)N4CC(C)OC(C)C4)cc3)sc2c1.Cl. The molecular formula is C27H37ClN4O4S2. The normalized spacial score (nSPS) is 18.5. The molecule has 0 radical (unpaired) electrons. The molecule has 2 atom stereocenters. The minimum absolute atomic E-state index is 0. The van der Waals surface area contributed by atoms with Crippen LogP contribution in [0.25, 0.3) is 10.2 Å². The molecule has 0 spiro atoms. The van der Waals surface area contributed by atoms with E-state index < -0.39 is 10.0 Å². The minimum atomic E-state index is -3.68. The van der Waals surface area contributed by atoms with E-state index in [1.54, 1.807) is 17.0 Å². The van der Waals surface area contributed by atoms with Gasteiger partial charge < -0.3 is 9.64 Å². The second kappa shape index (κ2) is 12.8. The summed E-state index contributed by atoms with van der Waals surface area (Å²) in [5.41, 5.74) is 2.54. The quantitative estimate of drug-likeness (QED) is 0.366. The fourth-order valence-electron chi connectivity index (χ4n) is 4.52. The van der Waals surface area contributed by atoms with Crippen LogP contribution < -0.4 is 4.90 Å². The maximum Gasteiger partial charge on any atom is 0.260 e. The highest BCUT2D eigenvalue weighted by molar-refractivity contribution is 7.89. The van der Waals surface area contributed by atoms with Crippen LogP contribution in [0.3, 0.4) is 0 Å². The smallest absolute Gasteiger partial charge is 0.260 e. The van der Waals surface area contributed by atoms with E-state index in [4.69, 9.17) is 9.72 Å². The second-order valence-electron chi connectivity index (χ2n) is 9.87. The predicted octanol–water partition coefficient (Wildman–Crippen LogP) is 4.68. The van der Waals surface area contributed by atoms with Gasteiger partial charge in [0.2, 0.25) is 10.0 Å². The molecule has 0 bridgehead atoms. The van der Waals surface area contributed by atoms with E-state index in [1.165, 1.54) is 33.3 Å². The summed E-state index contributed by atoms with van der Waals surface area (Å²) in [4.78, 5) is 22.4. The summed E-state index contributed by atoms with van der Waals surface area (Å²) in [5, 5.41) is 0.653. The Kier molecular flexibility index (Phi) is 10.3. The molecule has 11 heteroatoms. The van der Waals surface area contributed by atoms with Gasteiger partial charge >= 0.3 is 0 Å². The predicted molar refractivity (Wildman–Crippen MR) is 156 cm³/mol. The maximum atomic E-state index is 13.7. The van der Waals surface area contributed by atoms with Crippen LogP contribution in [0.4, 0.5) is 5.13 Å². The number of morpholine rings is 1. The van der Waals surface area contributed by atoms with Gasteiger partial charge in [0.25, 0.3) is 5.91 Å². The first-order valence-corrected chi connectivity index (χ1v) is 15.0. The Labute approximate surface area is 236 Å². The first kappa shape index (κ1) is 30.5. The number of aromatic nitrogens is 1. The topological polar surface area (TPSA) is 83.1 Å². The lowest BCUT2D eigenvalue weighted by Crippen LogP contribution is -2.48. The number of aryl methyl sites for hydroxylation is 1. The van der Waals surface area contributed by atoms with E-state index in [9.17, 15) is 13.2 Å². The molecule has 2 heterocycles. The Bertz CT molecular complexity index is 1330. The number of sulfonamides is 1. The van der Waals surface area contributed by atoms with Crippen molar-refractivity contribution in [3.63, 3.8) is 0 Å². The summed E-state index contributed by atoms with van der Waals surface area (Å²) in [5.74, 6) is -0.189. The number of fused-ring (bicyclic) bond motifs is 1. The van der Waals surface area contributed by atoms with Crippen molar-refractivity contribution in [3.8, 4) is 0 Å². The van der Waals surface area contributed by atoms with Gasteiger partial charge in [0.15, 0.2) is 5.13 Å². The van der Waals surface area contributed by atoms with Gasteiger partial charge in [-0.15, -0.1) is 12.4 Å². The number of anilines is 1. The third-order valence-electron chi connectivity index (χ3n) is 6.44. The van der Waals surface area contributed by atoms with Crippen LogP contribution in [-0.2, 0) is 21.2 Å². The molecule has 1 amide bonds. The van der Waals surface area contributed by atoms with Crippen molar-refractivity contribution in [2.75, 3.05) is 45.2 Å². The van der Waals surface area contributed by atoms with Gasteiger partial charge in [-0.25, -0.2) is 13.4 Å². The fraction of sp³-hybridized carbons (Fsp3) is 0.481. The van der Waals surface area contributed by atoms with Crippen molar-refractivity contribution in [3.05, 3.63) is 53.6 Å². The van der Waals surface area contributed by atoms with Gasteiger partial charge in [-0.3, -0.25) is 9.69 Å². The molecule has 2 unspecified atom stereocenters. The molecule has 1 aliphatic rings. The Morgan fingerprint density at radius 2 is 1.74 bits per heavy atom. The molecular weight excluding hydrogens is 544 g/mol. The largest absolute Gasteiger partial charge is 0.373 e. The third-order valence-corrected chi connectivity index (χ3v) is 9.33. The number of carbonyl (C=O) groups is 1. The first-order valence-electron chi connectivity index (χ1n) is 12.7. The Balaban J connectivity index is 0.00000400. The van der Waals surface area contributed by atoms with Crippen LogP contribution in [0.2, 0.25) is 0 Å². The summed E-state index contributed by atoms with van der Waals surface area (Å²) in [7, 11) is 0.333. The van der Waals surface area contributed by atoms with Gasteiger partial charge in [-0.2, -0.15) is 4.31 Å². The molecule has 1 fully saturated rings. The number of hydrogen-bond acceptors (Lipinski definition) is 7. The van der Waals surface area contributed by atoms with E-state index in [0.29, 0.717) is 30.3 Å². The number of rotatable bonds is 9. The molecule has 208 valence electrons. The lowest BCUT2D eigenvalue weighted by molar-refractivity contribution is -0.0440. The highest BCUT2D eigenvalue weighted by Crippen LogP contribution is 2.31. The molecule has 1 saturated heterocycles. The van der Waals surface area contributed by atoms with E-state index in [1.807, 2.05) is 34.0 Å². The second-order valence-corrected chi connectivity index (χ2v) is 12.8. The van der Waals surface area contributed by atoms with Gasteiger partial charge in [-0.1, -0.05) is 24.3 Å². The number of hydrogen-bond donors (Lipinski definition) is 0. The summed E-state index contributed by atoms with van der Waals surface area (Å²) in [6.07, 6.45) is 1.38. The van der Waals surface area contributed by atoms with Crippen LogP contribution in [0, 0.1) is 0 Å². The lowest BCUT2D eigenvalue weighted by Gasteiger charge is -2.34. The summed E-state index contributed by atoms with van der Waals surface area (Å²) >= 11 is 1.51. The van der Waals surface area contributed by atoms with Crippen molar-refractivity contribution in [2.45, 2.75) is 50.7 Å². The number of thiazole rings is 1. The van der Waals surface area contributed by atoms with E-state index in [-0.39, 0.29) is 35.4 Å². The molecule has 38 heavy (non-hydrogen) atoms. The first-order chi connectivity index (χ1) is 17.6. The van der Waals surface area contributed by atoms with Crippen molar-refractivity contribution in [1.82, 2.24) is 14.2 Å². The van der Waals surface area contributed by atoms with E-state index >= 15 is 0 Å². The number of nitrogens with zero attached hydrogens (tertiary/aromatic N) is 4. The molecule has 0 saturated carbocycles. The number of amides is 1. The van der Waals surface area contributed by atoms with Crippen molar-refractivity contribution in [1.29, 1.82) is 0 Å². The van der Waals surface area contributed by atoms with Crippen LogP contribution in [-0.4, -0.2) is 81.0 Å². The number of carbonyl (C=O) groups excluding carboxylic acids is 1. The Hall–Kier alpha value is -2.08. The zero-order valence-electron chi connectivity index (χ0n) is 22.6. The Morgan fingerprint density at radius 1 is 1.08 bits per heavy atom. The van der Waals surface area contributed by atoms with Gasteiger partial charge in [0.1, 0.15) is 0 Å². The van der Waals surface area contributed by atoms with Gasteiger partial charge in [0.05, 0.1) is 27.3 Å². The zero-order valence-corrected chi connectivity index (χ0v) is 25.0. The average molecular weight is 581 g/mol. The third kappa shape index (κ3) is 6.91. The van der Waals surface area contributed by atoms with Crippen molar-refractivity contribution >= 4 is 55.0 Å². The summed E-state index contributed by atoms with van der Waals surface area (Å²) in [6.45, 7) is 7.83. The van der Waals surface area contributed by atoms with Crippen LogP contribution >= 0.6 is 23.7 Å². The molecule has 3 aromatic rings. The highest BCUT2D eigenvalue weighted by Gasteiger charge is 2.32. The maximum absolute atomic E-state index is 13.7. The number of ether oxygens (including phenoxy) is 1. The van der Waals surface area contributed by atoms with Crippen molar-refractivity contribution < 1.29 is 17.9 Å². The minimum Gasteiger partial charge on any atom is -0.373 e. The van der Waals surface area contributed by atoms with Crippen LogP contribution in [0.1, 0.15) is 43.1 Å². The van der Waals surface area contributed by atoms with E-state index in [2.05, 4.69) is 24.0 Å².